The van der Waals surface area contributed by atoms with Crippen molar-refractivity contribution in [3.05, 3.63) is 46.4 Å². The Hall–Kier alpha value is -3.46. The molecule has 0 spiro atoms. The average Bonchev–Trinajstić information content (AvgIpc) is 3.33. The van der Waals surface area contributed by atoms with Crippen molar-refractivity contribution in [2.24, 2.45) is 0 Å². The number of hydrogen-bond acceptors (Lipinski definition) is 8. The second-order valence-electron chi connectivity index (χ2n) is 8.42. The molecule has 172 valence electrons. The number of nitrogens with one attached hydrogen (secondary N) is 1. The second-order valence-corrected chi connectivity index (χ2v) is 8.42. The van der Waals surface area contributed by atoms with Gasteiger partial charge in [-0.1, -0.05) is 6.92 Å². The second kappa shape index (κ2) is 8.82. The molecule has 2 saturated heterocycles. The molecule has 1 aromatic carbocycles. The van der Waals surface area contributed by atoms with Gasteiger partial charge in [0.15, 0.2) is 0 Å². The minimum atomic E-state index is -0.414. The van der Waals surface area contributed by atoms with Crippen LogP contribution in [0.25, 0.3) is 22.4 Å². The van der Waals surface area contributed by atoms with Gasteiger partial charge in [0.1, 0.15) is 11.6 Å². The van der Waals surface area contributed by atoms with Gasteiger partial charge in [0, 0.05) is 44.5 Å². The summed E-state index contributed by atoms with van der Waals surface area (Å²) in [7, 11) is 1.60. The van der Waals surface area contributed by atoms with E-state index in [2.05, 4.69) is 20.1 Å². The molecule has 5 rings (SSSR count). The fourth-order valence-corrected chi connectivity index (χ4v) is 4.78. The van der Waals surface area contributed by atoms with Gasteiger partial charge in [-0.05, 0) is 36.6 Å². The van der Waals surface area contributed by atoms with Crippen molar-refractivity contribution in [2.45, 2.75) is 25.8 Å². The number of methoxy groups -OCH3 is 1. The SMILES string of the molecule is CCc1cc(OC)cc2nc(-c3cccnc3N3CC[C@H](N4CCNC(=O)C4)C3)oc(=O)c12. The van der Waals surface area contributed by atoms with Crippen LogP contribution in [0.5, 0.6) is 5.75 Å². The molecule has 0 radical (unpaired) electrons. The Kier molecular flexibility index (Phi) is 5.72. The van der Waals surface area contributed by atoms with Crippen molar-refractivity contribution < 1.29 is 13.9 Å². The van der Waals surface area contributed by atoms with E-state index in [0.717, 1.165) is 37.4 Å². The van der Waals surface area contributed by atoms with Crippen molar-refractivity contribution in [2.75, 3.05) is 44.7 Å². The maximum Gasteiger partial charge on any atom is 0.347 e. The van der Waals surface area contributed by atoms with Crippen LogP contribution in [0.3, 0.4) is 0 Å². The molecule has 0 unspecified atom stereocenters. The molecule has 1 amide bonds. The summed E-state index contributed by atoms with van der Waals surface area (Å²) in [6.45, 7) is 5.50. The molecule has 33 heavy (non-hydrogen) atoms. The maximum atomic E-state index is 12.9. The van der Waals surface area contributed by atoms with E-state index in [1.54, 1.807) is 19.4 Å². The van der Waals surface area contributed by atoms with Gasteiger partial charge < -0.3 is 19.4 Å². The number of fused-ring (bicyclic) bond motifs is 1. The zero-order valence-electron chi connectivity index (χ0n) is 18.8. The number of amides is 1. The van der Waals surface area contributed by atoms with Gasteiger partial charge in [-0.2, -0.15) is 0 Å². The number of piperazine rings is 1. The lowest BCUT2D eigenvalue weighted by Gasteiger charge is -2.32. The number of pyridine rings is 1. The molecular weight excluding hydrogens is 422 g/mol. The van der Waals surface area contributed by atoms with E-state index >= 15 is 0 Å². The topological polar surface area (TPSA) is 101 Å². The van der Waals surface area contributed by atoms with E-state index in [-0.39, 0.29) is 17.8 Å². The van der Waals surface area contributed by atoms with Crippen LogP contribution in [-0.4, -0.2) is 66.7 Å². The minimum Gasteiger partial charge on any atom is -0.497 e. The van der Waals surface area contributed by atoms with Crippen LogP contribution in [-0.2, 0) is 11.2 Å². The summed E-state index contributed by atoms with van der Waals surface area (Å²) in [4.78, 5) is 38.5. The molecule has 9 heteroatoms. The van der Waals surface area contributed by atoms with Gasteiger partial charge in [-0.3, -0.25) is 9.69 Å². The van der Waals surface area contributed by atoms with Crippen molar-refractivity contribution in [1.82, 2.24) is 20.2 Å². The monoisotopic (exact) mass is 449 g/mol. The number of hydrogen-bond donors (Lipinski definition) is 1. The Balaban J connectivity index is 1.50. The van der Waals surface area contributed by atoms with Gasteiger partial charge in [-0.15, -0.1) is 0 Å². The Labute approximate surface area is 191 Å². The van der Waals surface area contributed by atoms with Gasteiger partial charge in [-0.25, -0.2) is 14.8 Å². The van der Waals surface area contributed by atoms with E-state index in [1.807, 2.05) is 25.1 Å². The Morgan fingerprint density at radius 3 is 2.94 bits per heavy atom. The molecule has 0 bridgehead atoms. The molecule has 1 atom stereocenters. The molecule has 4 heterocycles. The first-order valence-corrected chi connectivity index (χ1v) is 11.3. The number of benzene rings is 1. The van der Waals surface area contributed by atoms with Crippen molar-refractivity contribution in [1.29, 1.82) is 0 Å². The van der Waals surface area contributed by atoms with Crippen LogP contribution < -0.4 is 20.6 Å². The van der Waals surface area contributed by atoms with Gasteiger partial charge >= 0.3 is 5.63 Å². The molecule has 2 aliphatic heterocycles. The number of anilines is 1. The molecule has 9 nitrogen and oxygen atoms in total. The van der Waals surface area contributed by atoms with Crippen LogP contribution in [0, 0.1) is 0 Å². The lowest BCUT2D eigenvalue weighted by atomic mass is 10.1. The third kappa shape index (κ3) is 4.04. The first-order chi connectivity index (χ1) is 16.1. The molecule has 2 aromatic heterocycles. The standard InChI is InChI=1S/C24H27N5O4/c1-3-15-11-17(32-2)12-19-21(15)24(31)33-23(27-19)18-5-4-7-26-22(18)29-9-6-16(13-29)28-10-8-25-20(30)14-28/h4-5,7,11-12,16H,3,6,8-10,13-14H2,1-2H3,(H,25,30)/t16-/m0/s1. The highest BCUT2D eigenvalue weighted by Crippen LogP contribution is 2.32. The number of aryl methyl sites for hydroxylation is 1. The summed E-state index contributed by atoms with van der Waals surface area (Å²) in [5, 5.41) is 3.36. The lowest BCUT2D eigenvalue weighted by molar-refractivity contribution is -0.124. The van der Waals surface area contributed by atoms with Crippen molar-refractivity contribution in [3.8, 4) is 17.2 Å². The summed E-state index contributed by atoms with van der Waals surface area (Å²) >= 11 is 0. The van der Waals surface area contributed by atoms with Crippen LogP contribution in [0.1, 0.15) is 18.9 Å². The third-order valence-electron chi connectivity index (χ3n) is 6.47. The highest BCUT2D eigenvalue weighted by molar-refractivity contribution is 5.84. The quantitative estimate of drug-likeness (QED) is 0.630. The van der Waals surface area contributed by atoms with E-state index in [0.29, 0.717) is 41.7 Å². The Morgan fingerprint density at radius 2 is 2.15 bits per heavy atom. The van der Waals surface area contributed by atoms with Gasteiger partial charge in [0.2, 0.25) is 11.8 Å². The van der Waals surface area contributed by atoms with E-state index in [1.165, 1.54) is 0 Å². The lowest BCUT2D eigenvalue weighted by Crippen LogP contribution is -2.52. The summed E-state index contributed by atoms with van der Waals surface area (Å²) in [5.74, 6) is 1.70. The number of ether oxygens (including phenoxy) is 1. The van der Waals surface area contributed by atoms with E-state index in [9.17, 15) is 9.59 Å². The summed E-state index contributed by atoms with van der Waals surface area (Å²) < 4.78 is 11.1. The zero-order chi connectivity index (χ0) is 22.9. The van der Waals surface area contributed by atoms with Gasteiger partial charge in [0.25, 0.3) is 0 Å². The Morgan fingerprint density at radius 1 is 1.27 bits per heavy atom. The molecule has 1 N–H and O–H groups in total. The first-order valence-electron chi connectivity index (χ1n) is 11.3. The summed E-state index contributed by atoms with van der Waals surface area (Å²) in [5.41, 5.74) is 1.65. The number of carbonyl (C=O) groups is 1. The smallest absolute Gasteiger partial charge is 0.347 e. The molecular formula is C24H27N5O4. The maximum absolute atomic E-state index is 12.9. The highest BCUT2D eigenvalue weighted by Gasteiger charge is 2.32. The fourth-order valence-electron chi connectivity index (χ4n) is 4.78. The summed E-state index contributed by atoms with van der Waals surface area (Å²) in [6, 6.07) is 7.58. The molecule has 0 saturated carbocycles. The zero-order valence-corrected chi connectivity index (χ0v) is 18.8. The Bertz CT molecular complexity index is 1260. The highest BCUT2D eigenvalue weighted by atomic mass is 16.5. The van der Waals surface area contributed by atoms with Crippen LogP contribution in [0.15, 0.2) is 39.7 Å². The molecule has 2 fully saturated rings. The van der Waals surface area contributed by atoms with Crippen molar-refractivity contribution in [3.63, 3.8) is 0 Å². The fraction of sp³-hybridized carbons (Fsp3) is 0.417. The number of nitrogens with zero attached hydrogens (tertiary/aromatic N) is 4. The van der Waals surface area contributed by atoms with E-state index < -0.39 is 5.63 Å². The predicted octanol–water partition coefficient (Wildman–Crippen LogP) is 1.83. The summed E-state index contributed by atoms with van der Waals surface area (Å²) in [6.07, 6.45) is 3.34. The van der Waals surface area contributed by atoms with Crippen LogP contribution in [0.2, 0.25) is 0 Å². The largest absolute Gasteiger partial charge is 0.497 e. The third-order valence-corrected chi connectivity index (χ3v) is 6.47. The number of rotatable bonds is 5. The normalized spacial score (nSPS) is 19.2. The van der Waals surface area contributed by atoms with Crippen LogP contribution in [0.4, 0.5) is 5.82 Å². The first kappa shape index (κ1) is 21.4. The molecule has 2 aliphatic rings. The number of carbonyl (C=O) groups excluding carboxylic acids is 1. The predicted molar refractivity (Wildman–Crippen MR) is 125 cm³/mol. The van der Waals surface area contributed by atoms with Crippen LogP contribution >= 0.6 is 0 Å². The molecule has 0 aliphatic carbocycles. The van der Waals surface area contributed by atoms with Gasteiger partial charge in [0.05, 0.1) is 30.1 Å². The van der Waals surface area contributed by atoms with Crippen molar-refractivity contribution >= 4 is 22.6 Å². The number of aromatic nitrogens is 2. The average molecular weight is 450 g/mol. The van der Waals surface area contributed by atoms with E-state index in [4.69, 9.17) is 14.1 Å². The molecule has 3 aromatic rings. The minimum absolute atomic E-state index is 0.0715.